The molecule has 23 heavy (non-hydrogen) atoms. The fourth-order valence-corrected chi connectivity index (χ4v) is 3.43. The van der Waals surface area contributed by atoms with Crippen LogP contribution in [0, 0.1) is 5.41 Å². The van der Waals surface area contributed by atoms with Crippen LogP contribution in [0.25, 0.3) is 0 Å². The molecule has 0 radical (unpaired) electrons. The van der Waals surface area contributed by atoms with Gasteiger partial charge in [-0.25, -0.2) is 4.98 Å². The summed E-state index contributed by atoms with van der Waals surface area (Å²) >= 11 is 0. The van der Waals surface area contributed by atoms with E-state index in [1.807, 2.05) is 25.1 Å². The van der Waals surface area contributed by atoms with Crippen molar-refractivity contribution >= 4 is 17.7 Å². The highest BCUT2D eigenvalue weighted by Crippen LogP contribution is 2.37. The van der Waals surface area contributed by atoms with Crippen LogP contribution in [-0.4, -0.2) is 47.5 Å². The van der Waals surface area contributed by atoms with Crippen LogP contribution in [0.1, 0.15) is 24.0 Å². The van der Waals surface area contributed by atoms with Crippen molar-refractivity contribution in [3.05, 3.63) is 35.5 Å². The van der Waals surface area contributed by atoms with E-state index in [1.165, 1.54) is 0 Å². The molecule has 0 atom stereocenters. The molecule has 6 nitrogen and oxygen atoms in total. The zero-order valence-electron chi connectivity index (χ0n) is 13.5. The molecule has 2 heterocycles. The van der Waals surface area contributed by atoms with Crippen LogP contribution in [0.4, 0.5) is 5.82 Å². The molecule has 1 aromatic rings. The lowest BCUT2D eigenvalue weighted by atomic mass is 9.83. The van der Waals surface area contributed by atoms with Crippen molar-refractivity contribution in [3.8, 4) is 0 Å². The Morgan fingerprint density at radius 2 is 2.00 bits per heavy atom. The predicted molar refractivity (Wildman–Crippen MR) is 86.1 cm³/mol. The number of carbonyl (C=O) groups excluding carboxylic acids is 1. The van der Waals surface area contributed by atoms with Crippen molar-refractivity contribution in [2.45, 2.75) is 25.8 Å². The molecule has 0 aromatic carbocycles. The lowest BCUT2D eigenvalue weighted by Gasteiger charge is -2.35. The van der Waals surface area contributed by atoms with Gasteiger partial charge >= 0.3 is 5.97 Å². The van der Waals surface area contributed by atoms with Gasteiger partial charge in [-0.1, -0.05) is 12.2 Å². The topological polar surface area (TPSA) is 73.7 Å². The van der Waals surface area contributed by atoms with Crippen molar-refractivity contribution in [2.75, 3.05) is 25.5 Å². The third-order valence-corrected chi connectivity index (χ3v) is 4.75. The fourth-order valence-electron chi connectivity index (χ4n) is 3.43. The molecule has 122 valence electrons. The minimum atomic E-state index is -1.31. The maximum atomic E-state index is 12.9. The standard InChI is InChI=1S/C17H21N3O3/c1-19(2)14-13-6-10-20(11-12(13)5-9-18-14)15(21)17(16(22)23)7-3-4-8-17/h3-5,9H,6-8,10-11H2,1-2H3,(H,22,23). The van der Waals surface area contributed by atoms with Crippen LogP contribution in [-0.2, 0) is 22.6 Å². The number of hydrogen-bond donors (Lipinski definition) is 1. The minimum absolute atomic E-state index is 0.274. The molecule has 0 saturated heterocycles. The highest BCUT2D eigenvalue weighted by Gasteiger charge is 2.48. The normalized spacial score (nSPS) is 18.6. The molecule has 1 amide bonds. The molecule has 1 N–H and O–H groups in total. The van der Waals surface area contributed by atoms with Crippen LogP contribution < -0.4 is 4.90 Å². The zero-order valence-corrected chi connectivity index (χ0v) is 13.5. The van der Waals surface area contributed by atoms with Crippen molar-refractivity contribution in [2.24, 2.45) is 5.41 Å². The summed E-state index contributed by atoms with van der Waals surface area (Å²) in [6.07, 6.45) is 6.58. The Hall–Kier alpha value is -2.37. The fraction of sp³-hybridized carbons (Fsp3) is 0.471. The first kappa shape index (κ1) is 15.5. The number of aliphatic carboxylic acids is 1. The van der Waals surface area contributed by atoms with Crippen LogP contribution in [0.15, 0.2) is 24.4 Å². The number of pyridine rings is 1. The summed E-state index contributed by atoms with van der Waals surface area (Å²) in [6.45, 7) is 0.986. The van der Waals surface area contributed by atoms with Gasteiger partial charge in [-0.15, -0.1) is 0 Å². The Morgan fingerprint density at radius 3 is 2.61 bits per heavy atom. The van der Waals surface area contributed by atoms with Crippen LogP contribution in [0.3, 0.4) is 0 Å². The lowest BCUT2D eigenvalue weighted by molar-refractivity contribution is -0.160. The van der Waals surface area contributed by atoms with Crippen molar-refractivity contribution < 1.29 is 14.7 Å². The quantitative estimate of drug-likeness (QED) is 0.675. The van der Waals surface area contributed by atoms with Gasteiger partial charge in [0.2, 0.25) is 5.91 Å². The van der Waals surface area contributed by atoms with Crippen LogP contribution in [0.2, 0.25) is 0 Å². The number of rotatable bonds is 3. The van der Waals surface area contributed by atoms with Crippen LogP contribution in [0.5, 0.6) is 0 Å². The Kier molecular flexibility index (Phi) is 3.83. The molecule has 3 rings (SSSR count). The molecule has 0 saturated carbocycles. The summed E-state index contributed by atoms with van der Waals surface area (Å²) in [6, 6.07) is 1.92. The molecule has 1 aromatic heterocycles. The van der Waals surface area contributed by atoms with Gasteiger partial charge in [-0.05, 0) is 30.9 Å². The first-order valence-corrected chi connectivity index (χ1v) is 7.77. The predicted octanol–water partition coefficient (Wildman–Crippen LogP) is 1.45. The number of carbonyl (C=O) groups is 2. The third-order valence-electron chi connectivity index (χ3n) is 4.75. The summed E-state index contributed by atoms with van der Waals surface area (Å²) in [5.74, 6) is -0.379. The number of hydrogen-bond acceptors (Lipinski definition) is 4. The zero-order chi connectivity index (χ0) is 16.6. The second kappa shape index (κ2) is 5.68. The largest absolute Gasteiger partial charge is 0.480 e. The van der Waals surface area contributed by atoms with Crippen molar-refractivity contribution in [1.82, 2.24) is 9.88 Å². The van der Waals surface area contributed by atoms with Gasteiger partial charge in [-0.2, -0.15) is 0 Å². The molecule has 0 fully saturated rings. The maximum absolute atomic E-state index is 12.9. The Bertz CT molecular complexity index is 674. The summed E-state index contributed by atoms with van der Waals surface area (Å²) in [5.41, 5.74) is 0.889. The highest BCUT2D eigenvalue weighted by atomic mass is 16.4. The van der Waals surface area contributed by atoms with Gasteiger partial charge in [-0.3, -0.25) is 9.59 Å². The third kappa shape index (κ3) is 2.48. The van der Waals surface area contributed by atoms with E-state index in [-0.39, 0.29) is 18.7 Å². The monoisotopic (exact) mass is 315 g/mol. The molecular weight excluding hydrogens is 294 g/mol. The van der Waals surface area contributed by atoms with E-state index in [2.05, 4.69) is 4.98 Å². The van der Waals surface area contributed by atoms with Gasteiger partial charge in [0.05, 0.1) is 0 Å². The highest BCUT2D eigenvalue weighted by molar-refractivity contribution is 6.02. The Morgan fingerprint density at radius 1 is 1.30 bits per heavy atom. The molecule has 1 aliphatic heterocycles. The smallest absolute Gasteiger partial charge is 0.319 e. The summed E-state index contributed by atoms with van der Waals surface area (Å²) in [4.78, 5) is 32.6. The molecule has 6 heteroatoms. The number of anilines is 1. The SMILES string of the molecule is CN(C)c1nccc2c1CCN(C(=O)C1(C(=O)O)CC=CC1)C2. The molecule has 0 bridgehead atoms. The summed E-state index contributed by atoms with van der Waals surface area (Å²) in [5, 5.41) is 9.57. The van der Waals surface area contributed by atoms with E-state index < -0.39 is 11.4 Å². The van der Waals surface area contributed by atoms with Gasteiger partial charge in [0.1, 0.15) is 5.82 Å². The summed E-state index contributed by atoms with van der Waals surface area (Å²) in [7, 11) is 3.90. The molecule has 2 aliphatic rings. The number of fused-ring (bicyclic) bond motifs is 1. The van der Waals surface area contributed by atoms with Gasteiger partial charge in [0.25, 0.3) is 0 Å². The average molecular weight is 315 g/mol. The maximum Gasteiger partial charge on any atom is 0.319 e. The number of amides is 1. The molecule has 0 spiro atoms. The molecule has 1 aliphatic carbocycles. The van der Waals surface area contributed by atoms with Crippen molar-refractivity contribution in [1.29, 1.82) is 0 Å². The van der Waals surface area contributed by atoms with E-state index >= 15 is 0 Å². The Balaban J connectivity index is 1.86. The number of carboxylic acid groups (broad SMARTS) is 1. The van der Waals surface area contributed by atoms with Gasteiger partial charge < -0.3 is 14.9 Å². The minimum Gasteiger partial charge on any atom is -0.480 e. The average Bonchev–Trinajstić information content (AvgIpc) is 3.04. The van der Waals surface area contributed by atoms with E-state index in [0.29, 0.717) is 19.5 Å². The lowest BCUT2D eigenvalue weighted by Crippen LogP contribution is -2.49. The van der Waals surface area contributed by atoms with Crippen molar-refractivity contribution in [3.63, 3.8) is 0 Å². The van der Waals surface area contributed by atoms with Gasteiger partial charge in [0.15, 0.2) is 5.41 Å². The van der Waals surface area contributed by atoms with Crippen LogP contribution >= 0.6 is 0 Å². The first-order chi connectivity index (χ1) is 11.0. The second-order valence-corrected chi connectivity index (χ2v) is 6.41. The van der Waals surface area contributed by atoms with E-state index in [4.69, 9.17) is 0 Å². The van der Waals surface area contributed by atoms with E-state index in [0.717, 1.165) is 16.9 Å². The Labute approximate surface area is 135 Å². The number of carboxylic acids is 1. The first-order valence-electron chi connectivity index (χ1n) is 7.77. The second-order valence-electron chi connectivity index (χ2n) is 6.41. The van der Waals surface area contributed by atoms with E-state index in [9.17, 15) is 14.7 Å². The number of allylic oxidation sites excluding steroid dienone is 2. The van der Waals surface area contributed by atoms with E-state index in [1.54, 1.807) is 23.2 Å². The molecular formula is C17H21N3O3. The number of aromatic nitrogens is 1. The number of nitrogens with zero attached hydrogens (tertiary/aromatic N) is 3. The summed E-state index contributed by atoms with van der Waals surface area (Å²) < 4.78 is 0. The molecule has 0 unspecified atom stereocenters. The van der Waals surface area contributed by atoms with Gasteiger partial charge in [0, 0.05) is 38.9 Å².